The fourth-order valence-corrected chi connectivity index (χ4v) is 2.98. The highest BCUT2D eigenvalue weighted by atomic mass is 15.2. The summed E-state index contributed by atoms with van der Waals surface area (Å²) in [6, 6.07) is 9.61. The second kappa shape index (κ2) is 4.46. The van der Waals surface area contributed by atoms with Gasteiger partial charge in [-0.3, -0.25) is 0 Å². The molecular formula is C14H20N2. The number of anilines is 1. The third kappa shape index (κ3) is 1.94. The van der Waals surface area contributed by atoms with Crippen molar-refractivity contribution in [2.75, 3.05) is 24.5 Å². The smallest absolute Gasteiger partial charge is 0.0399 e. The van der Waals surface area contributed by atoms with E-state index in [9.17, 15) is 0 Å². The number of nitrogens with one attached hydrogen (secondary N) is 1. The molecule has 2 nitrogen and oxygen atoms in total. The van der Waals surface area contributed by atoms with Gasteiger partial charge in [0.05, 0.1) is 0 Å². The van der Waals surface area contributed by atoms with E-state index in [0.717, 1.165) is 0 Å². The van der Waals surface area contributed by atoms with Gasteiger partial charge in [0.25, 0.3) is 0 Å². The molecule has 0 aliphatic carbocycles. The summed E-state index contributed by atoms with van der Waals surface area (Å²) in [5, 5.41) is 3.59. The van der Waals surface area contributed by atoms with Gasteiger partial charge in [-0.1, -0.05) is 18.2 Å². The summed E-state index contributed by atoms with van der Waals surface area (Å²) in [4.78, 5) is 2.57. The Kier molecular flexibility index (Phi) is 2.83. The summed E-state index contributed by atoms with van der Waals surface area (Å²) >= 11 is 0. The molecule has 2 heteroatoms. The SMILES string of the molecule is c1ccc2c(c1)CCCN2C[C@@H]1CCCN1. The van der Waals surface area contributed by atoms with Crippen LogP contribution < -0.4 is 10.2 Å². The second-order valence-corrected chi connectivity index (χ2v) is 4.97. The number of hydrogen-bond donors (Lipinski definition) is 1. The van der Waals surface area contributed by atoms with Crippen molar-refractivity contribution in [1.29, 1.82) is 0 Å². The first-order valence-corrected chi connectivity index (χ1v) is 6.50. The van der Waals surface area contributed by atoms with Gasteiger partial charge in [0.15, 0.2) is 0 Å². The minimum absolute atomic E-state index is 0.714. The molecule has 0 unspecified atom stereocenters. The van der Waals surface area contributed by atoms with Gasteiger partial charge in [-0.2, -0.15) is 0 Å². The standard InChI is InChI=1S/C14H20N2/c1-2-8-14-12(5-1)6-4-10-16(14)11-13-7-3-9-15-13/h1-2,5,8,13,15H,3-4,6-7,9-11H2/t13-/m0/s1. The van der Waals surface area contributed by atoms with Crippen LogP contribution in [-0.2, 0) is 6.42 Å². The fraction of sp³-hybridized carbons (Fsp3) is 0.571. The Morgan fingerprint density at radius 3 is 3.06 bits per heavy atom. The minimum atomic E-state index is 0.714. The number of fused-ring (bicyclic) bond motifs is 1. The minimum Gasteiger partial charge on any atom is -0.370 e. The van der Waals surface area contributed by atoms with Crippen molar-refractivity contribution in [2.24, 2.45) is 0 Å². The van der Waals surface area contributed by atoms with Crippen molar-refractivity contribution in [3.63, 3.8) is 0 Å². The first-order chi connectivity index (χ1) is 7.93. The molecule has 2 aliphatic rings. The Balaban J connectivity index is 1.76. The molecule has 1 aromatic carbocycles. The van der Waals surface area contributed by atoms with Gasteiger partial charge in [-0.15, -0.1) is 0 Å². The van der Waals surface area contributed by atoms with E-state index in [1.807, 2.05) is 0 Å². The molecule has 1 atom stereocenters. The van der Waals surface area contributed by atoms with E-state index in [1.54, 1.807) is 0 Å². The highest BCUT2D eigenvalue weighted by Crippen LogP contribution is 2.27. The average Bonchev–Trinajstić information content (AvgIpc) is 2.82. The molecule has 1 N–H and O–H groups in total. The van der Waals surface area contributed by atoms with Gasteiger partial charge in [-0.05, 0) is 43.9 Å². The van der Waals surface area contributed by atoms with Crippen LogP contribution >= 0.6 is 0 Å². The van der Waals surface area contributed by atoms with Crippen LogP contribution in [0.25, 0.3) is 0 Å². The molecule has 2 aliphatic heterocycles. The van der Waals surface area contributed by atoms with Gasteiger partial charge in [0, 0.05) is 24.8 Å². The normalized spacial score (nSPS) is 24.5. The zero-order chi connectivity index (χ0) is 10.8. The lowest BCUT2D eigenvalue weighted by atomic mass is 10.0. The Morgan fingerprint density at radius 2 is 2.19 bits per heavy atom. The summed E-state index contributed by atoms with van der Waals surface area (Å²) in [7, 11) is 0. The van der Waals surface area contributed by atoms with Crippen molar-refractivity contribution >= 4 is 5.69 Å². The zero-order valence-corrected chi connectivity index (χ0v) is 9.78. The number of benzene rings is 1. The van der Waals surface area contributed by atoms with Crippen LogP contribution in [-0.4, -0.2) is 25.7 Å². The predicted molar refractivity (Wildman–Crippen MR) is 68.0 cm³/mol. The van der Waals surface area contributed by atoms with Crippen molar-refractivity contribution < 1.29 is 0 Å². The number of aryl methyl sites for hydroxylation is 1. The fourth-order valence-electron chi connectivity index (χ4n) is 2.98. The van der Waals surface area contributed by atoms with Crippen molar-refractivity contribution in [3.05, 3.63) is 29.8 Å². The Bertz CT molecular complexity index is 356. The van der Waals surface area contributed by atoms with E-state index in [2.05, 4.69) is 34.5 Å². The van der Waals surface area contributed by atoms with Crippen molar-refractivity contribution in [2.45, 2.75) is 31.7 Å². The third-order valence-electron chi connectivity index (χ3n) is 3.81. The lowest BCUT2D eigenvalue weighted by molar-refractivity contribution is 0.564. The molecule has 0 saturated carbocycles. The lowest BCUT2D eigenvalue weighted by Crippen LogP contribution is -2.40. The zero-order valence-electron chi connectivity index (χ0n) is 9.78. The molecule has 3 rings (SSSR count). The van der Waals surface area contributed by atoms with Gasteiger partial charge in [0.2, 0.25) is 0 Å². The molecule has 2 heterocycles. The maximum Gasteiger partial charge on any atom is 0.0399 e. The molecular weight excluding hydrogens is 196 g/mol. The van der Waals surface area contributed by atoms with Crippen LogP contribution in [0.5, 0.6) is 0 Å². The Labute approximate surface area is 97.6 Å². The Morgan fingerprint density at radius 1 is 1.25 bits per heavy atom. The summed E-state index contributed by atoms with van der Waals surface area (Å²) < 4.78 is 0. The summed E-state index contributed by atoms with van der Waals surface area (Å²) in [6.07, 6.45) is 5.26. The molecule has 86 valence electrons. The van der Waals surface area contributed by atoms with Gasteiger partial charge in [0.1, 0.15) is 0 Å². The van der Waals surface area contributed by atoms with E-state index in [4.69, 9.17) is 0 Å². The van der Waals surface area contributed by atoms with E-state index >= 15 is 0 Å². The molecule has 1 aromatic rings. The molecule has 0 spiro atoms. The highest BCUT2D eigenvalue weighted by Gasteiger charge is 2.21. The maximum atomic E-state index is 3.59. The third-order valence-corrected chi connectivity index (χ3v) is 3.81. The summed E-state index contributed by atoms with van der Waals surface area (Å²) in [6.45, 7) is 3.63. The number of hydrogen-bond acceptors (Lipinski definition) is 2. The Hall–Kier alpha value is -1.02. The summed E-state index contributed by atoms with van der Waals surface area (Å²) in [5.74, 6) is 0. The number of nitrogens with zero attached hydrogens (tertiary/aromatic N) is 1. The van der Waals surface area contributed by atoms with E-state index in [1.165, 1.54) is 56.6 Å². The van der Waals surface area contributed by atoms with Crippen LogP contribution in [0.2, 0.25) is 0 Å². The second-order valence-electron chi connectivity index (χ2n) is 4.97. The topological polar surface area (TPSA) is 15.3 Å². The van der Waals surface area contributed by atoms with Crippen LogP contribution in [0.1, 0.15) is 24.8 Å². The van der Waals surface area contributed by atoms with Gasteiger partial charge < -0.3 is 10.2 Å². The van der Waals surface area contributed by atoms with E-state index in [0.29, 0.717) is 6.04 Å². The summed E-state index contributed by atoms with van der Waals surface area (Å²) in [5.41, 5.74) is 3.01. The van der Waals surface area contributed by atoms with Crippen molar-refractivity contribution in [1.82, 2.24) is 5.32 Å². The van der Waals surface area contributed by atoms with Crippen LogP contribution in [0.15, 0.2) is 24.3 Å². The average molecular weight is 216 g/mol. The van der Waals surface area contributed by atoms with Gasteiger partial charge >= 0.3 is 0 Å². The molecule has 1 fully saturated rings. The van der Waals surface area contributed by atoms with Crippen molar-refractivity contribution in [3.8, 4) is 0 Å². The molecule has 0 radical (unpaired) electrons. The first-order valence-electron chi connectivity index (χ1n) is 6.50. The number of rotatable bonds is 2. The first kappa shape index (κ1) is 10.2. The van der Waals surface area contributed by atoms with E-state index < -0.39 is 0 Å². The molecule has 0 aromatic heterocycles. The molecule has 0 amide bonds. The van der Waals surface area contributed by atoms with Crippen LogP contribution in [0.3, 0.4) is 0 Å². The monoisotopic (exact) mass is 216 g/mol. The number of para-hydroxylation sites is 1. The highest BCUT2D eigenvalue weighted by molar-refractivity contribution is 5.55. The molecule has 16 heavy (non-hydrogen) atoms. The van der Waals surface area contributed by atoms with Crippen LogP contribution in [0.4, 0.5) is 5.69 Å². The van der Waals surface area contributed by atoms with Crippen LogP contribution in [0, 0.1) is 0 Å². The molecule has 0 bridgehead atoms. The molecule has 1 saturated heterocycles. The van der Waals surface area contributed by atoms with E-state index in [-0.39, 0.29) is 0 Å². The maximum absolute atomic E-state index is 3.59. The largest absolute Gasteiger partial charge is 0.370 e. The predicted octanol–water partition coefficient (Wildman–Crippen LogP) is 2.19. The quantitative estimate of drug-likeness (QED) is 0.815. The van der Waals surface area contributed by atoms with Gasteiger partial charge in [-0.25, -0.2) is 0 Å². The lowest BCUT2D eigenvalue weighted by Gasteiger charge is -2.33.